The van der Waals surface area contributed by atoms with Crippen molar-refractivity contribution in [2.24, 2.45) is 0 Å². The Hall–Kier alpha value is -1.96. The number of imidazole rings is 1. The Labute approximate surface area is 133 Å². The first-order valence-corrected chi connectivity index (χ1v) is 8.94. The van der Waals surface area contributed by atoms with Crippen LogP contribution in [0.1, 0.15) is 0 Å². The Morgan fingerprint density at radius 1 is 0.905 bits per heavy atom. The number of nitrogens with two attached hydrogens (primary N) is 1. The first-order valence-electron chi connectivity index (χ1n) is 6.17. The Kier molecular flexibility index (Phi) is 3.10. The molecule has 4 aromatic rings. The molecule has 4 rings (SSSR count). The van der Waals surface area contributed by atoms with Crippen LogP contribution in [0.15, 0.2) is 45.2 Å². The quantitative estimate of drug-likeness (QED) is 0.607. The minimum Gasteiger partial charge on any atom is -0.369 e. The summed E-state index contributed by atoms with van der Waals surface area (Å²) in [4.78, 5) is 9.07. The van der Waals surface area contributed by atoms with Crippen molar-refractivity contribution < 1.29 is 0 Å². The summed E-state index contributed by atoms with van der Waals surface area (Å²) in [5.74, 6) is 0.461. The normalized spacial score (nSPS) is 11.0. The summed E-state index contributed by atoms with van der Waals surface area (Å²) < 4.78 is 1.84. The lowest BCUT2D eigenvalue weighted by molar-refractivity contribution is 1.05. The van der Waals surface area contributed by atoms with Gasteiger partial charge in [-0.05, 0) is 22.9 Å². The topological polar surface area (TPSA) is 56.7 Å². The van der Waals surface area contributed by atoms with E-state index in [9.17, 15) is 0 Å². The second-order valence-electron chi connectivity index (χ2n) is 4.39. The number of hydrogen-bond donors (Lipinski definition) is 1. The third-order valence-corrected chi connectivity index (χ3v) is 5.27. The molecule has 0 amide bonds. The van der Waals surface area contributed by atoms with Gasteiger partial charge in [-0.3, -0.25) is 4.57 Å². The van der Waals surface area contributed by atoms with Crippen molar-refractivity contribution >= 4 is 40.0 Å². The van der Waals surface area contributed by atoms with Crippen LogP contribution in [-0.4, -0.2) is 14.5 Å². The number of thiazole rings is 1. The second kappa shape index (κ2) is 5.10. The molecule has 0 bridgehead atoms. The van der Waals surface area contributed by atoms with Gasteiger partial charge in [0.2, 0.25) is 5.95 Å². The zero-order chi connectivity index (χ0) is 14.2. The standard InChI is InChI=1S/C14H10N4S3/c15-13-16-11(9-1-3-19-6-9)5-18(13)14-17-12(8-21-14)10-2-4-20-7-10/h1-8H,(H2,15,16). The van der Waals surface area contributed by atoms with Gasteiger partial charge in [-0.15, -0.1) is 11.3 Å². The molecule has 21 heavy (non-hydrogen) atoms. The molecule has 0 fully saturated rings. The van der Waals surface area contributed by atoms with Crippen molar-refractivity contribution in [3.8, 4) is 27.6 Å². The zero-order valence-corrected chi connectivity index (χ0v) is 13.2. The van der Waals surface area contributed by atoms with Crippen molar-refractivity contribution in [1.82, 2.24) is 14.5 Å². The van der Waals surface area contributed by atoms with Gasteiger partial charge in [0.1, 0.15) is 0 Å². The number of anilines is 1. The highest BCUT2D eigenvalue weighted by molar-refractivity contribution is 7.12. The molecule has 0 spiro atoms. The van der Waals surface area contributed by atoms with Crippen molar-refractivity contribution in [1.29, 1.82) is 0 Å². The van der Waals surface area contributed by atoms with Gasteiger partial charge < -0.3 is 5.73 Å². The summed E-state index contributed by atoms with van der Waals surface area (Å²) in [5.41, 5.74) is 10.1. The van der Waals surface area contributed by atoms with Crippen molar-refractivity contribution in [2.75, 3.05) is 5.73 Å². The molecular formula is C14H10N4S3. The highest BCUT2D eigenvalue weighted by Crippen LogP contribution is 2.29. The summed E-state index contributed by atoms with van der Waals surface area (Å²) in [7, 11) is 0. The fourth-order valence-electron chi connectivity index (χ4n) is 2.01. The van der Waals surface area contributed by atoms with E-state index in [0.29, 0.717) is 5.95 Å². The Morgan fingerprint density at radius 3 is 2.29 bits per heavy atom. The number of nitrogen functional groups attached to an aromatic ring is 1. The van der Waals surface area contributed by atoms with Gasteiger partial charge in [-0.2, -0.15) is 22.7 Å². The molecule has 2 N–H and O–H groups in total. The SMILES string of the molecule is Nc1nc(-c2ccsc2)cn1-c1nc(-c2ccsc2)cs1. The molecule has 4 nitrogen and oxygen atoms in total. The van der Waals surface area contributed by atoms with Crippen LogP contribution in [0.5, 0.6) is 0 Å². The van der Waals surface area contributed by atoms with E-state index in [1.165, 1.54) is 0 Å². The number of aromatic nitrogens is 3. The molecular weight excluding hydrogens is 320 g/mol. The average Bonchev–Trinajstić information content (AvgIpc) is 3.26. The van der Waals surface area contributed by atoms with E-state index in [1.54, 1.807) is 34.0 Å². The lowest BCUT2D eigenvalue weighted by atomic mass is 10.3. The van der Waals surface area contributed by atoms with Gasteiger partial charge in [-0.1, -0.05) is 0 Å². The van der Waals surface area contributed by atoms with Crippen LogP contribution in [0.3, 0.4) is 0 Å². The molecule has 4 heterocycles. The number of rotatable bonds is 3. The molecule has 0 aliphatic heterocycles. The fourth-order valence-corrected chi connectivity index (χ4v) is 4.13. The average molecular weight is 330 g/mol. The maximum absolute atomic E-state index is 6.03. The summed E-state index contributed by atoms with van der Waals surface area (Å²) in [6, 6.07) is 4.10. The van der Waals surface area contributed by atoms with Gasteiger partial charge in [0, 0.05) is 33.5 Å². The Balaban J connectivity index is 1.74. The monoisotopic (exact) mass is 330 g/mol. The molecule has 104 valence electrons. The minimum atomic E-state index is 0.461. The van der Waals surface area contributed by atoms with Crippen molar-refractivity contribution in [3.63, 3.8) is 0 Å². The molecule has 0 saturated heterocycles. The second-order valence-corrected chi connectivity index (χ2v) is 6.79. The van der Waals surface area contributed by atoms with Gasteiger partial charge in [0.15, 0.2) is 5.13 Å². The van der Waals surface area contributed by atoms with E-state index in [0.717, 1.165) is 27.6 Å². The molecule has 0 unspecified atom stereocenters. The minimum absolute atomic E-state index is 0.461. The smallest absolute Gasteiger partial charge is 0.207 e. The predicted octanol–water partition coefficient (Wildman–Crippen LogP) is 4.37. The van der Waals surface area contributed by atoms with Crippen molar-refractivity contribution in [3.05, 3.63) is 45.2 Å². The predicted molar refractivity (Wildman–Crippen MR) is 90.3 cm³/mol. The Bertz CT molecular complexity index is 856. The van der Waals surface area contributed by atoms with Gasteiger partial charge in [0.05, 0.1) is 11.4 Å². The largest absolute Gasteiger partial charge is 0.369 e. The van der Waals surface area contributed by atoms with Crippen molar-refractivity contribution in [2.45, 2.75) is 0 Å². The maximum atomic E-state index is 6.03. The summed E-state index contributed by atoms with van der Waals surface area (Å²) >= 11 is 4.88. The maximum Gasteiger partial charge on any atom is 0.207 e. The number of thiophene rings is 2. The highest BCUT2D eigenvalue weighted by atomic mass is 32.1. The summed E-state index contributed by atoms with van der Waals surface area (Å²) in [6.45, 7) is 0. The number of nitrogens with zero attached hydrogens (tertiary/aromatic N) is 3. The van der Waals surface area contributed by atoms with Crippen LogP contribution in [0.2, 0.25) is 0 Å². The van der Waals surface area contributed by atoms with E-state index in [2.05, 4.69) is 32.2 Å². The van der Waals surface area contributed by atoms with E-state index in [1.807, 2.05) is 27.6 Å². The summed E-state index contributed by atoms with van der Waals surface area (Å²) in [5, 5.41) is 11.1. The van der Waals surface area contributed by atoms with E-state index in [4.69, 9.17) is 5.73 Å². The van der Waals surface area contributed by atoms with Gasteiger partial charge in [0.25, 0.3) is 0 Å². The van der Waals surface area contributed by atoms with E-state index < -0.39 is 0 Å². The molecule has 0 aliphatic rings. The molecule has 0 atom stereocenters. The highest BCUT2D eigenvalue weighted by Gasteiger charge is 2.12. The van der Waals surface area contributed by atoms with Crippen LogP contribution in [0, 0.1) is 0 Å². The van der Waals surface area contributed by atoms with Crippen LogP contribution in [0.25, 0.3) is 27.6 Å². The number of hydrogen-bond acceptors (Lipinski definition) is 6. The van der Waals surface area contributed by atoms with Crippen LogP contribution in [-0.2, 0) is 0 Å². The molecule has 0 saturated carbocycles. The third-order valence-electron chi connectivity index (χ3n) is 3.07. The third kappa shape index (κ3) is 2.29. The lowest BCUT2D eigenvalue weighted by Crippen LogP contribution is -1.98. The fraction of sp³-hybridized carbons (Fsp3) is 0. The lowest BCUT2D eigenvalue weighted by Gasteiger charge is -1.97. The molecule has 0 aliphatic carbocycles. The molecule has 0 aromatic carbocycles. The first kappa shape index (κ1) is 12.8. The summed E-state index contributed by atoms with van der Waals surface area (Å²) in [6.07, 6.45) is 1.94. The molecule has 4 aromatic heterocycles. The van der Waals surface area contributed by atoms with Crippen LogP contribution >= 0.6 is 34.0 Å². The zero-order valence-electron chi connectivity index (χ0n) is 10.8. The first-order chi connectivity index (χ1) is 10.3. The Morgan fingerprint density at radius 2 is 1.62 bits per heavy atom. The van der Waals surface area contributed by atoms with E-state index >= 15 is 0 Å². The molecule has 0 radical (unpaired) electrons. The molecule has 7 heteroatoms. The van der Waals surface area contributed by atoms with Crippen LogP contribution in [0.4, 0.5) is 5.95 Å². The van der Waals surface area contributed by atoms with Crippen LogP contribution < -0.4 is 5.73 Å². The van der Waals surface area contributed by atoms with Gasteiger partial charge >= 0.3 is 0 Å². The van der Waals surface area contributed by atoms with E-state index in [-0.39, 0.29) is 0 Å². The van der Waals surface area contributed by atoms with Gasteiger partial charge in [-0.25, -0.2) is 9.97 Å².